The molecule has 14 heavy (non-hydrogen) atoms. The van der Waals surface area contributed by atoms with E-state index in [-0.39, 0.29) is 18.7 Å². The highest BCUT2D eigenvalue weighted by Crippen LogP contribution is 2.45. The van der Waals surface area contributed by atoms with E-state index in [4.69, 9.17) is 4.74 Å². The zero-order valence-corrected chi connectivity index (χ0v) is 9.71. The lowest BCUT2D eigenvalue weighted by Gasteiger charge is -2.13. The third-order valence-corrected chi connectivity index (χ3v) is 3.48. The zero-order valence-electron chi connectivity index (χ0n) is 8.82. The second-order valence-electron chi connectivity index (χ2n) is 2.67. The van der Waals surface area contributed by atoms with E-state index in [0.717, 1.165) is 6.42 Å². The van der Waals surface area contributed by atoms with Crippen LogP contribution in [0.4, 0.5) is 0 Å². The average Bonchev–Trinajstić information content (AvgIpc) is 2.18. The Balaban J connectivity index is 3.72. The van der Waals surface area contributed by atoms with Gasteiger partial charge < -0.3 is 13.8 Å². The first-order valence-corrected chi connectivity index (χ1v) is 6.17. The van der Waals surface area contributed by atoms with Crippen molar-refractivity contribution in [3.8, 4) is 0 Å². The van der Waals surface area contributed by atoms with Gasteiger partial charge in [0.05, 0.1) is 6.16 Å². The highest BCUT2D eigenvalue weighted by Gasteiger charge is 2.21. The van der Waals surface area contributed by atoms with Gasteiger partial charge in [-0.05, 0) is 6.42 Å². The summed E-state index contributed by atoms with van der Waals surface area (Å²) < 4.78 is 25.6. The van der Waals surface area contributed by atoms with Gasteiger partial charge in [-0.3, -0.25) is 9.36 Å². The molecule has 0 amide bonds. The fourth-order valence-electron chi connectivity index (χ4n) is 0.805. The van der Waals surface area contributed by atoms with Crippen LogP contribution in [-0.2, 0) is 23.1 Å². The monoisotopic (exact) mass is 224 g/mol. The molecule has 0 fully saturated rings. The van der Waals surface area contributed by atoms with Gasteiger partial charge in [-0.15, -0.1) is 0 Å². The molecule has 6 heteroatoms. The van der Waals surface area contributed by atoms with Crippen LogP contribution >= 0.6 is 7.60 Å². The van der Waals surface area contributed by atoms with E-state index < -0.39 is 7.60 Å². The molecule has 0 rings (SSSR count). The summed E-state index contributed by atoms with van der Waals surface area (Å²) >= 11 is 0. The minimum Gasteiger partial charge on any atom is -0.465 e. The van der Waals surface area contributed by atoms with E-state index in [0.29, 0.717) is 6.42 Å². The number of ether oxygens (including phenoxy) is 1. The van der Waals surface area contributed by atoms with Crippen LogP contribution in [0.1, 0.15) is 19.8 Å². The van der Waals surface area contributed by atoms with Gasteiger partial charge in [0.25, 0.3) is 0 Å². The number of esters is 1. The largest absolute Gasteiger partial charge is 0.465 e. The number of carbonyl (C=O) groups is 1. The second-order valence-corrected chi connectivity index (χ2v) is 5.07. The Bertz CT molecular complexity index is 208. The molecule has 0 aliphatic rings. The summed E-state index contributed by atoms with van der Waals surface area (Å²) in [7, 11) is -0.426. The molecule has 0 saturated carbocycles. The van der Waals surface area contributed by atoms with Crippen molar-refractivity contribution in [3.05, 3.63) is 0 Å². The number of hydrogen-bond acceptors (Lipinski definition) is 5. The van der Waals surface area contributed by atoms with Gasteiger partial charge >= 0.3 is 13.6 Å². The van der Waals surface area contributed by atoms with Gasteiger partial charge in [0.1, 0.15) is 6.61 Å². The van der Waals surface area contributed by atoms with Crippen LogP contribution in [0, 0.1) is 0 Å². The van der Waals surface area contributed by atoms with Crippen molar-refractivity contribution >= 4 is 13.6 Å². The highest BCUT2D eigenvalue weighted by molar-refractivity contribution is 7.53. The summed E-state index contributed by atoms with van der Waals surface area (Å²) in [5.74, 6) is -0.286. The maximum atomic E-state index is 11.5. The van der Waals surface area contributed by atoms with Crippen LogP contribution in [0.15, 0.2) is 0 Å². The Hall–Kier alpha value is -0.380. The molecule has 0 aromatic carbocycles. The first-order chi connectivity index (χ1) is 6.58. The molecule has 0 heterocycles. The number of rotatable bonds is 7. The summed E-state index contributed by atoms with van der Waals surface area (Å²) in [6, 6.07) is 0. The fourth-order valence-corrected chi connectivity index (χ4v) is 1.63. The zero-order chi connectivity index (χ0) is 11.0. The first kappa shape index (κ1) is 13.6. The SMILES string of the molecule is CCCC(=O)OCCP(=O)(OC)OC. The Labute approximate surface area is 84.3 Å². The van der Waals surface area contributed by atoms with Crippen LogP contribution < -0.4 is 0 Å². The summed E-state index contributed by atoms with van der Waals surface area (Å²) in [6.07, 6.45) is 1.21. The lowest BCUT2D eigenvalue weighted by Crippen LogP contribution is -2.09. The first-order valence-electron chi connectivity index (χ1n) is 4.44. The van der Waals surface area contributed by atoms with Crippen molar-refractivity contribution in [1.29, 1.82) is 0 Å². The maximum absolute atomic E-state index is 11.5. The summed E-state index contributed by atoms with van der Waals surface area (Å²) in [5, 5.41) is 0. The molecule has 0 saturated heterocycles. The van der Waals surface area contributed by atoms with E-state index in [1.54, 1.807) is 0 Å². The molecule has 5 nitrogen and oxygen atoms in total. The topological polar surface area (TPSA) is 61.8 Å². The third-order valence-electron chi connectivity index (χ3n) is 1.64. The predicted molar refractivity (Wildman–Crippen MR) is 52.4 cm³/mol. The van der Waals surface area contributed by atoms with Crippen LogP contribution in [0.25, 0.3) is 0 Å². The van der Waals surface area contributed by atoms with E-state index in [9.17, 15) is 9.36 Å². The smallest absolute Gasteiger partial charge is 0.333 e. The Morgan fingerprint density at radius 2 is 1.86 bits per heavy atom. The molecule has 0 bridgehead atoms. The molecule has 0 radical (unpaired) electrons. The standard InChI is InChI=1S/C8H17O5P/c1-4-5-8(9)13-6-7-14(10,11-2)12-3/h4-7H2,1-3H3. The molecule has 0 atom stereocenters. The Morgan fingerprint density at radius 1 is 1.29 bits per heavy atom. The van der Waals surface area contributed by atoms with E-state index in [2.05, 4.69) is 9.05 Å². The van der Waals surface area contributed by atoms with Crippen LogP contribution in [0.2, 0.25) is 0 Å². The molecule has 0 aliphatic carbocycles. The van der Waals surface area contributed by atoms with Gasteiger partial charge in [0, 0.05) is 20.6 Å². The van der Waals surface area contributed by atoms with Crippen molar-refractivity contribution in [2.75, 3.05) is 27.0 Å². The Kier molecular flexibility index (Phi) is 6.79. The fraction of sp³-hybridized carbons (Fsp3) is 0.875. The molecule has 0 aliphatic heterocycles. The van der Waals surface area contributed by atoms with E-state index in [1.807, 2.05) is 6.92 Å². The van der Waals surface area contributed by atoms with Crippen LogP contribution in [0.3, 0.4) is 0 Å². The normalized spacial score (nSPS) is 11.4. The van der Waals surface area contributed by atoms with Gasteiger partial charge in [-0.1, -0.05) is 6.92 Å². The lowest BCUT2D eigenvalue weighted by molar-refractivity contribution is -0.143. The molecule has 84 valence electrons. The molecule has 0 spiro atoms. The average molecular weight is 224 g/mol. The molecular weight excluding hydrogens is 207 g/mol. The molecule has 0 aromatic rings. The van der Waals surface area contributed by atoms with Crippen molar-refractivity contribution in [1.82, 2.24) is 0 Å². The summed E-state index contributed by atoms with van der Waals surface area (Å²) in [5.41, 5.74) is 0. The Morgan fingerprint density at radius 3 is 2.29 bits per heavy atom. The van der Waals surface area contributed by atoms with Gasteiger partial charge in [-0.2, -0.15) is 0 Å². The minimum atomic E-state index is -3.03. The lowest BCUT2D eigenvalue weighted by atomic mass is 10.3. The van der Waals surface area contributed by atoms with E-state index >= 15 is 0 Å². The molecule has 0 N–H and O–H groups in total. The van der Waals surface area contributed by atoms with Crippen molar-refractivity contribution < 1.29 is 23.1 Å². The minimum absolute atomic E-state index is 0.0673. The predicted octanol–water partition coefficient (Wildman–Crippen LogP) is 1.82. The molecular formula is C8H17O5P. The van der Waals surface area contributed by atoms with Gasteiger partial charge in [0.15, 0.2) is 0 Å². The van der Waals surface area contributed by atoms with Crippen molar-refractivity contribution in [2.24, 2.45) is 0 Å². The van der Waals surface area contributed by atoms with Crippen molar-refractivity contribution in [2.45, 2.75) is 19.8 Å². The summed E-state index contributed by atoms with van der Waals surface area (Å²) in [6.45, 7) is 1.95. The van der Waals surface area contributed by atoms with Gasteiger partial charge in [-0.25, -0.2) is 0 Å². The quantitative estimate of drug-likeness (QED) is 0.487. The maximum Gasteiger partial charge on any atom is 0.333 e. The van der Waals surface area contributed by atoms with Crippen LogP contribution in [-0.4, -0.2) is 33.0 Å². The second kappa shape index (κ2) is 6.98. The van der Waals surface area contributed by atoms with E-state index in [1.165, 1.54) is 14.2 Å². The van der Waals surface area contributed by atoms with Gasteiger partial charge in [0.2, 0.25) is 0 Å². The molecule has 0 unspecified atom stereocenters. The van der Waals surface area contributed by atoms with Crippen molar-refractivity contribution in [3.63, 3.8) is 0 Å². The third kappa shape index (κ3) is 5.37. The highest BCUT2D eigenvalue weighted by atomic mass is 31.2. The number of hydrogen-bond donors (Lipinski definition) is 0. The summed E-state index contributed by atoms with van der Waals surface area (Å²) in [4.78, 5) is 10.9. The van der Waals surface area contributed by atoms with Crippen LogP contribution in [0.5, 0.6) is 0 Å². The molecule has 0 aromatic heterocycles. The number of carbonyl (C=O) groups excluding carboxylic acids is 1.